The van der Waals surface area contributed by atoms with E-state index < -0.39 is 9.70 Å². The number of nitrogens with zero attached hydrogens (tertiary/aromatic N) is 1. The van der Waals surface area contributed by atoms with E-state index in [-0.39, 0.29) is 22.8 Å². The maximum absolute atomic E-state index is 13.5. The van der Waals surface area contributed by atoms with E-state index in [0.717, 1.165) is 15.7 Å². The van der Waals surface area contributed by atoms with E-state index in [1.165, 1.54) is 11.8 Å². The smallest absolute Gasteiger partial charge is 0.311 e. The van der Waals surface area contributed by atoms with Crippen molar-refractivity contribution in [2.24, 2.45) is 5.73 Å². The van der Waals surface area contributed by atoms with Gasteiger partial charge in [0.1, 0.15) is 10.9 Å². The molecule has 0 aliphatic carbocycles. The average Bonchev–Trinajstić information content (AvgIpc) is 3.01. The first-order valence-electron chi connectivity index (χ1n) is 8.70. The van der Waals surface area contributed by atoms with E-state index in [0.29, 0.717) is 10.7 Å². The number of Topliss-reactive ketones (excluding diaryl/α,β-unsaturated/α-hetero) is 1. The molecule has 0 radical (unpaired) electrons. The first-order chi connectivity index (χ1) is 13.5. The van der Waals surface area contributed by atoms with E-state index in [1.807, 2.05) is 89.5 Å². The third-order valence-corrected chi connectivity index (χ3v) is 8.01. The third-order valence-electron chi connectivity index (χ3n) is 4.69. The number of nitrogens with two attached hydrogens (primary N) is 1. The maximum atomic E-state index is 13.5. The summed E-state index contributed by atoms with van der Waals surface area (Å²) < 4.78 is 2.19. The zero-order chi connectivity index (χ0) is 19.7. The van der Waals surface area contributed by atoms with Gasteiger partial charge in [0.25, 0.3) is 0 Å². The summed E-state index contributed by atoms with van der Waals surface area (Å²) in [5.41, 5.74) is 9.04. The molecule has 29 heavy (non-hydrogen) atoms. The Hall–Kier alpha value is -1.41. The van der Waals surface area contributed by atoms with Crippen LogP contribution in [0.2, 0.25) is 0 Å². The minimum atomic E-state index is -0.802. The van der Waals surface area contributed by atoms with Crippen LogP contribution in [0.4, 0.5) is 5.69 Å². The zero-order valence-electron chi connectivity index (χ0n) is 15.1. The van der Waals surface area contributed by atoms with Crippen molar-refractivity contribution < 1.29 is 26.4 Å². The fraction of sp³-hybridized carbons (Fsp3) is 0.0909. The summed E-state index contributed by atoms with van der Waals surface area (Å²) in [6.07, 6.45) is 0. The number of carbonyl (C=O) groups is 1. The van der Waals surface area contributed by atoms with Gasteiger partial charge in [-0.2, -0.15) is 0 Å². The van der Waals surface area contributed by atoms with Crippen LogP contribution in [0.25, 0.3) is 0 Å². The largest absolute Gasteiger partial charge is 1.00 e. The molecule has 0 spiro atoms. The number of hydrogen-bond acceptors (Lipinski definition) is 3. The number of carbonyl (C=O) groups excluding carboxylic acids is 1. The molecule has 2 N–H and O–H groups in total. The predicted molar refractivity (Wildman–Crippen MR) is 122 cm³/mol. The lowest BCUT2D eigenvalue weighted by molar-refractivity contribution is -0.498. The summed E-state index contributed by atoms with van der Waals surface area (Å²) in [6.45, 7) is 0. The van der Waals surface area contributed by atoms with Gasteiger partial charge < -0.3 is 17.0 Å². The van der Waals surface area contributed by atoms with Gasteiger partial charge in [0, 0.05) is 15.6 Å². The summed E-state index contributed by atoms with van der Waals surface area (Å²) in [7, 11) is 0. The van der Waals surface area contributed by atoms with Crippen LogP contribution in [0.1, 0.15) is 15.9 Å². The van der Waals surface area contributed by atoms with E-state index in [9.17, 15) is 4.79 Å². The van der Waals surface area contributed by atoms with Crippen molar-refractivity contribution >= 4 is 60.3 Å². The quantitative estimate of drug-likeness (QED) is 0.218. The molecule has 7 heteroatoms. The highest BCUT2D eigenvalue weighted by Crippen LogP contribution is 2.50. The van der Waals surface area contributed by atoms with Crippen LogP contribution < -0.4 is 22.7 Å². The Bertz CT molecular complexity index is 1040. The molecule has 148 valence electrons. The van der Waals surface area contributed by atoms with E-state index >= 15 is 0 Å². The number of benzene rings is 3. The third kappa shape index (κ3) is 4.10. The summed E-state index contributed by atoms with van der Waals surface area (Å²) in [4.78, 5) is 13.5. The highest BCUT2D eigenvalue weighted by molar-refractivity contribution is 9.10. The molecule has 0 saturated heterocycles. The number of alkyl halides is 1. The molecule has 0 bridgehead atoms. The van der Waals surface area contributed by atoms with Crippen LogP contribution in [-0.2, 0) is 4.45 Å². The molecule has 3 aromatic rings. The Morgan fingerprint density at radius 3 is 2.07 bits per heavy atom. The number of rotatable bonds is 4. The van der Waals surface area contributed by atoms with Crippen molar-refractivity contribution in [2.75, 3.05) is 0 Å². The Labute approximate surface area is 201 Å². The van der Waals surface area contributed by atoms with Crippen LogP contribution >= 0.6 is 43.6 Å². The number of hydrogen-bond donors (Lipinski definition) is 1. The van der Waals surface area contributed by atoms with Gasteiger partial charge in [-0.25, -0.2) is 4.58 Å². The highest BCUT2D eigenvalue weighted by Gasteiger charge is 2.57. The fourth-order valence-corrected chi connectivity index (χ4v) is 6.14. The first kappa shape index (κ1) is 22.3. The molecule has 2 atom stereocenters. The molecule has 1 aliphatic rings. The van der Waals surface area contributed by atoms with Crippen molar-refractivity contribution in [3.05, 3.63) is 101 Å². The van der Waals surface area contributed by atoms with Gasteiger partial charge in [-0.15, -0.1) is 0 Å². The lowest BCUT2D eigenvalue weighted by Crippen LogP contribution is -3.00. The maximum Gasteiger partial charge on any atom is 0.311 e. The Balaban J connectivity index is 0.00000240. The highest BCUT2D eigenvalue weighted by atomic mass is 79.9. The second-order valence-electron chi connectivity index (χ2n) is 6.42. The van der Waals surface area contributed by atoms with Gasteiger partial charge in [0.05, 0.1) is 0 Å². The SMILES string of the molecule is NC1=[N+](c2ccc(Br)cc2)C(Br)(c2ccccc2)C(C(=O)c2ccccc2)S1.[Br-]. The normalized spacial score (nSPS) is 21.0. The lowest BCUT2D eigenvalue weighted by Gasteiger charge is -2.29. The van der Waals surface area contributed by atoms with Crippen molar-refractivity contribution in [3.8, 4) is 0 Å². The van der Waals surface area contributed by atoms with Crippen molar-refractivity contribution in [1.82, 2.24) is 0 Å². The minimum Gasteiger partial charge on any atom is -1.00 e. The number of thioether (sulfide) groups is 1. The monoisotopic (exact) mass is 594 g/mol. The molecule has 1 heterocycles. The van der Waals surface area contributed by atoms with Gasteiger partial charge in [-0.1, -0.05) is 76.6 Å². The number of ketones is 1. The number of amidine groups is 1. The van der Waals surface area contributed by atoms with E-state index in [1.54, 1.807) is 0 Å². The summed E-state index contributed by atoms with van der Waals surface area (Å²) in [5, 5.41) is 0.137. The Morgan fingerprint density at radius 1 is 0.931 bits per heavy atom. The Morgan fingerprint density at radius 2 is 1.48 bits per heavy atom. The predicted octanol–water partition coefficient (Wildman–Crippen LogP) is 2.66. The lowest BCUT2D eigenvalue weighted by atomic mass is 9.96. The summed E-state index contributed by atoms with van der Waals surface area (Å²) in [5.74, 6) is 0.0360. The van der Waals surface area contributed by atoms with E-state index in [2.05, 4.69) is 31.9 Å². The van der Waals surface area contributed by atoms with Crippen LogP contribution in [0.5, 0.6) is 0 Å². The molecule has 0 amide bonds. The second kappa shape index (κ2) is 9.16. The van der Waals surface area contributed by atoms with Gasteiger partial charge in [0.15, 0.2) is 5.78 Å². The molecule has 3 aromatic carbocycles. The molecular formula is C22H17Br3N2OS. The topological polar surface area (TPSA) is 46.1 Å². The summed E-state index contributed by atoms with van der Waals surface area (Å²) in [6, 6.07) is 27.2. The Kier molecular flexibility index (Phi) is 7.04. The van der Waals surface area contributed by atoms with Crippen LogP contribution in [-0.4, -0.2) is 20.8 Å². The minimum absolute atomic E-state index is 0. The van der Waals surface area contributed by atoms with Crippen molar-refractivity contribution in [3.63, 3.8) is 0 Å². The molecule has 0 fully saturated rings. The van der Waals surface area contributed by atoms with Crippen molar-refractivity contribution in [1.29, 1.82) is 0 Å². The van der Waals surface area contributed by atoms with Gasteiger partial charge in [-0.3, -0.25) is 10.5 Å². The van der Waals surface area contributed by atoms with Crippen LogP contribution in [0, 0.1) is 0 Å². The molecule has 0 aromatic heterocycles. The van der Waals surface area contributed by atoms with Gasteiger partial charge in [0.2, 0.25) is 4.45 Å². The number of halogens is 3. The molecule has 4 rings (SSSR count). The van der Waals surface area contributed by atoms with E-state index in [4.69, 9.17) is 5.73 Å². The van der Waals surface area contributed by atoms with Gasteiger partial charge >= 0.3 is 5.17 Å². The summed E-state index contributed by atoms with van der Waals surface area (Å²) >= 11 is 8.82. The van der Waals surface area contributed by atoms with Crippen LogP contribution in [0.3, 0.4) is 0 Å². The first-order valence-corrected chi connectivity index (χ1v) is 11.2. The van der Waals surface area contributed by atoms with Crippen molar-refractivity contribution in [2.45, 2.75) is 9.70 Å². The second-order valence-corrected chi connectivity index (χ2v) is 9.67. The standard InChI is InChI=1S/C22H16Br2N2OS.BrH/c23-17-11-13-18(14-12-17)26-21(25)28-20(19(27)15-7-3-1-4-8-15)22(26,24)16-9-5-2-6-10-16;/h1-14,20,25H;1H. The molecule has 2 unspecified atom stereocenters. The molecule has 3 nitrogen and oxygen atoms in total. The molecule has 0 saturated carbocycles. The zero-order valence-corrected chi connectivity index (χ0v) is 20.7. The van der Waals surface area contributed by atoms with Gasteiger partial charge in [-0.05, 0) is 52.0 Å². The van der Waals surface area contributed by atoms with Crippen LogP contribution in [0.15, 0.2) is 89.4 Å². The molecular weight excluding hydrogens is 580 g/mol. The molecule has 1 aliphatic heterocycles. The fourth-order valence-electron chi connectivity index (χ4n) is 3.37. The average molecular weight is 597 g/mol.